The predicted octanol–water partition coefficient (Wildman–Crippen LogP) is 3.13. The molecule has 26 heavy (non-hydrogen) atoms. The lowest BCUT2D eigenvalue weighted by atomic mass is 10.1. The van der Waals surface area contributed by atoms with E-state index < -0.39 is 0 Å². The standard InChI is InChI=1S/C20H23N3O2S/c1-14(2)18(24)23-20(26)22-17-11-7-6-10-16(17)19(25)21-13-12-15-8-4-3-5-9-15/h3-11,14H,12-13H2,1-2H3,(H,21,25)(H2,22,23,24,26). The Morgan fingerprint density at radius 1 is 1.00 bits per heavy atom. The molecule has 2 rings (SSSR count). The van der Waals surface area contributed by atoms with Crippen LogP contribution in [0.5, 0.6) is 0 Å². The van der Waals surface area contributed by atoms with Crippen molar-refractivity contribution in [2.45, 2.75) is 20.3 Å². The summed E-state index contributed by atoms with van der Waals surface area (Å²) in [4.78, 5) is 24.2. The van der Waals surface area contributed by atoms with Gasteiger partial charge in [-0.15, -0.1) is 0 Å². The number of hydrogen-bond acceptors (Lipinski definition) is 3. The number of carbonyl (C=O) groups excluding carboxylic acids is 2. The summed E-state index contributed by atoms with van der Waals surface area (Å²) < 4.78 is 0. The number of benzene rings is 2. The molecule has 0 saturated carbocycles. The molecule has 0 saturated heterocycles. The summed E-state index contributed by atoms with van der Waals surface area (Å²) in [5.74, 6) is -0.541. The number of rotatable bonds is 6. The molecule has 5 nitrogen and oxygen atoms in total. The van der Waals surface area contributed by atoms with Gasteiger partial charge in [0.05, 0.1) is 11.3 Å². The van der Waals surface area contributed by atoms with E-state index >= 15 is 0 Å². The highest BCUT2D eigenvalue weighted by Gasteiger charge is 2.13. The Balaban J connectivity index is 1.95. The van der Waals surface area contributed by atoms with Crippen LogP contribution in [0.25, 0.3) is 0 Å². The summed E-state index contributed by atoms with van der Waals surface area (Å²) in [7, 11) is 0. The van der Waals surface area contributed by atoms with E-state index in [1.54, 1.807) is 38.1 Å². The van der Waals surface area contributed by atoms with Crippen LogP contribution in [0, 0.1) is 5.92 Å². The van der Waals surface area contributed by atoms with E-state index in [1.165, 1.54) is 0 Å². The first-order valence-corrected chi connectivity index (χ1v) is 8.91. The Morgan fingerprint density at radius 2 is 1.65 bits per heavy atom. The zero-order valence-electron chi connectivity index (χ0n) is 14.9. The number of thiocarbonyl (C=S) groups is 1. The van der Waals surface area contributed by atoms with Crippen molar-refractivity contribution in [3.63, 3.8) is 0 Å². The summed E-state index contributed by atoms with van der Waals surface area (Å²) in [6, 6.07) is 17.0. The molecule has 0 aliphatic rings. The van der Waals surface area contributed by atoms with E-state index in [-0.39, 0.29) is 22.8 Å². The largest absolute Gasteiger partial charge is 0.352 e. The van der Waals surface area contributed by atoms with E-state index in [0.717, 1.165) is 12.0 Å². The molecular formula is C20H23N3O2S. The Kier molecular flexibility index (Phi) is 7.29. The summed E-state index contributed by atoms with van der Waals surface area (Å²) in [5, 5.41) is 8.62. The van der Waals surface area contributed by atoms with Crippen LogP contribution in [-0.2, 0) is 11.2 Å². The third-order valence-electron chi connectivity index (χ3n) is 3.72. The van der Waals surface area contributed by atoms with Gasteiger partial charge >= 0.3 is 0 Å². The summed E-state index contributed by atoms with van der Waals surface area (Å²) in [6.07, 6.45) is 0.755. The first-order valence-electron chi connectivity index (χ1n) is 8.50. The molecular weight excluding hydrogens is 346 g/mol. The highest BCUT2D eigenvalue weighted by atomic mass is 32.1. The maximum atomic E-state index is 12.5. The maximum absolute atomic E-state index is 12.5. The molecule has 2 aromatic carbocycles. The fraction of sp³-hybridized carbons (Fsp3) is 0.250. The molecule has 0 aromatic heterocycles. The second-order valence-corrected chi connectivity index (χ2v) is 6.54. The average molecular weight is 369 g/mol. The molecule has 0 aliphatic heterocycles. The minimum Gasteiger partial charge on any atom is -0.352 e. The highest BCUT2D eigenvalue weighted by molar-refractivity contribution is 7.80. The SMILES string of the molecule is CC(C)C(=O)NC(=S)Nc1ccccc1C(=O)NCCc1ccccc1. The van der Waals surface area contributed by atoms with Crippen LogP contribution in [0.1, 0.15) is 29.8 Å². The van der Waals surface area contributed by atoms with E-state index in [0.29, 0.717) is 17.8 Å². The molecule has 0 radical (unpaired) electrons. The van der Waals surface area contributed by atoms with Gasteiger partial charge in [-0.25, -0.2) is 0 Å². The van der Waals surface area contributed by atoms with Gasteiger partial charge in [-0.2, -0.15) is 0 Å². The van der Waals surface area contributed by atoms with Crippen molar-refractivity contribution in [1.82, 2.24) is 10.6 Å². The molecule has 6 heteroatoms. The topological polar surface area (TPSA) is 70.2 Å². The number of amides is 2. The third kappa shape index (κ3) is 5.97. The number of nitrogens with one attached hydrogen (secondary N) is 3. The average Bonchev–Trinajstić information content (AvgIpc) is 2.62. The lowest BCUT2D eigenvalue weighted by Crippen LogP contribution is -2.37. The lowest BCUT2D eigenvalue weighted by Gasteiger charge is -2.14. The van der Waals surface area contributed by atoms with Crippen molar-refractivity contribution < 1.29 is 9.59 Å². The fourth-order valence-electron chi connectivity index (χ4n) is 2.26. The number of carbonyl (C=O) groups is 2. The van der Waals surface area contributed by atoms with Gasteiger partial charge in [-0.05, 0) is 36.3 Å². The number of anilines is 1. The van der Waals surface area contributed by atoms with Crippen LogP contribution < -0.4 is 16.0 Å². The van der Waals surface area contributed by atoms with Gasteiger partial charge in [0.15, 0.2) is 5.11 Å². The minimum atomic E-state index is -0.193. The van der Waals surface area contributed by atoms with Crippen LogP contribution in [0.3, 0.4) is 0 Å². The highest BCUT2D eigenvalue weighted by Crippen LogP contribution is 2.15. The van der Waals surface area contributed by atoms with Gasteiger partial charge in [-0.3, -0.25) is 9.59 Å². The monoisotopic (exact) mass is 369 g/mol. The summed E-state index contributed by atoms with van der Waals surface area (Å²) >= 11 is 5.15. The van der Waals surface area contributed by atoms with Crippen molar-refractivity contribution in [3.05, 3.63) is 65.7 Å². The Bertz CT molecular complexity index is 776. The van der Waals surface area contributed by atoms with E-state index in [2.05, 4.69) is 16.0 Å². The van der Waals surface area contributed by atoms with Gasteiger partial charge < -0.3 is 16.0 Å². The molecule has 0 atom stereocenters. The first-order chi connectivity index (χ1) is 12.5. The van der Waals surface area contributed by atoms with Crippen molar-refractivity contribution in [2.24, 2.45) is 5.92 Å². The molecule has 0 spiro atoms. The van der Waals surface area contributed by atoms with Crippen LogP contribution in [0.2, 0.25) is 0 Å². The van der Waals surface area contributed by atoms with Crippen LogP contribution in [0.15, 0.2) is 54.6 Å². The zero-order valence-corrected chi connectivity index (χ0v) is 15.7. The second-order valence-electron chi connectivity index (χ2n) is 6.14. The third-order valence-corrected chi connectivity index (χ3v) is 3.93. The molecule has 0 fully saturated rings. The number of hydrogen-bond donors (Lipinski definition) is 3. The van der Waals surface area contributed by atoms with E-state index in [9.17, 15) is 9.59 Å². The maximum Gasteiger partial charge on any atom is 0.253 e. The van der Waals surface area contributed by atoms with Crippen molar-refractivity contribution in [2.75, 3.05) is 11.9 Å². The van der Waals surface area contributed by atoms with E-state index in [1.807, 2.05) is 30.3 Å². The van der Waals surface area contributed by atoms with Crippen LogP contribution in [-0.4, -0.2) is 23.5 Å². The Morgan fingerprint density at radius 3 is 2.35 bits per heavy atom. The molecule has 0 bridgehead atoms. The second kappa shape index (κ2) is 9.68. The minimum absolute atomic E-state index is 0.174. The van der Waals surface area contributed by atoms with Gasteiger partial charge in [-0.1, -0.05) is 56.3 Å². The summed E-state index contributed by atoms with van der Waals surface area (Å²) in [6.45, 7) is 4.10. The molecule has 136 valence electrons. The Hall–Kier alpha value is -2.73. The predicted molar refractivity (Wildman–Crippen MR) is 108 cm³/mol. The quantitative estimate of drug-likeness (QED) is 0.684. The molecule has 3 N–H and O–H groups in total. The van der Waals surface area contributed by atoms with Gasteiger partial charge in [0.2, 0.25) is 5.91 Å². The Labute approximate surface area is 159 Å². The van der Waals surface area contributed by atoms with Gasteiger partial charge in [0, 0.05) is 12.5 Å². The first kappa shape index (κ1) is 19.6. The summed E-state index contributed by atoms with van der Waals surface area (Å²) in [5.41, 5.74) is 2.19. The van der Waals surface area contributed by atoms with Crippen LogP contribution >= 0.6 is 12.2 Å². The lowest BCUT2D eigenvalue weighted by molar-refractivity contribution is -0.122. The van der Waals surface area contributed by atoms with Crippen molar-refractivity contribution >= 4 is 34.8 Å². The molecule has 0 heterocycles. The number of para-hydroxylation sites is 1. The van der Waals surface area contributed by atoms with Crippen LogP contribution in [0.4, 0.5) is 5.69 Å². The van der Waals surface area contributed by atoms with Gasteiger partial charge in [0.25, 0.3) is 5.91 Å². The molecule has 2 aromatic rings. The molecule has 0 aliphatic carbocycles. The van der Waals surface area contributed by atoms with Crippen molar-refractivity contribution in [1.29, 1.82) is 0 Å². The fourth-order valence-corrected chi connectivity index (χ4v) is 2.47. The molecule has 2 amide bonds. The normalized spacial score (nSPS) is 10.3. The zero-order chi connectivity index (χ0) is 18.9. The molecule has 0 unspecified atom stereocenters. The van der Waals surface area contributed by atoms with Crippen molar-refractivity contribution in [3.8, 4) is 0 Å². The van der Waals surface area contributed by atoms with Gasteiger partial charge in [0.1, 0.15) is 0 Å². The van der Waals surface area contributed by atoms with E-state index in [4.69, 9.17) is 12.2 Å². The smallest absolute Gasteiger partial charge is 0.253 e.